The van der Waals surface area contributed by atoms with Crippen LogP contribution in [0.5, 0.6) is 11.5 Å². The first-order chi connectivity index (χ1) is 9.52. The maximum Gasteiger partial charge on any atom is 0.261 e. The smallest absolute Gasteiger partial charge is 0.261 e. The molecule has 5 heteroatoms. The van der Waals surface area contributed by atoms with Gasteiger partial charge in [0.25, 0.3) is 5.91 Å². The molecule has 0 saturated carbocycles. The first kappa shape index (κ1) is 14.2. The molecule has 0 aliphatic rings. The third-order valence-corrected chi connectivity index (χ3v) is 3.19. The molecule has 2 rings (SSSR count). The summed E-state index contributed by atoms with van der Waals surface area (Å²) < 4.78 is 5.07. The molecule has 1 amide bonds. The number of hydrogen-bond acceptors (Lipinski definition) is 3. The van der Waals surface area contributed by atoms with Crippen LogP contribution in [0.15, 0.2) is 42.5 Å². The first-order valence-corrected chi connectivity index (χ1v) is 6.31. The number of methoxy groups -OCH3 is 1. The Kier molecular flexibility index (Phi) is 4.15. The number of phenolic OH excluding ortho intramolecular Hbond substituents is 1. The third kappa shape index (κ3) is 2.86. The van der Waals surface area contributed by atoms with E-state index in [1.165, 1.54) is 17.0 Å². The topological polar surface area (TPSA) is 49.8 Å². The van der Waals surface area contributed by atoms with Crippen LogP contribution in [-0.2, 0) is 0 Å². The number of aromatic hydroxyl groups is 1. The number of phenols is 1. The van der Waals surface area contributed by atoms with Gasteiger partial charge in [-0.3, -0.25) is 4.79 Å². The maximum atomic E-state index is 12.3. The second-order valence-electron chi connectivity index (χ2n) is 4.22. The molecule has 0 atom stereocenters. The summed E-state index contributed by atoms with van der Waals surface area (Å²) in [6, 6.07) is 11.5. The van der Waals surface area contributed by atoms with E-state index in [9.17, 15) is 9.90 Å². The summed E-state index contributed by atoms with van der Waals surface area (Å²) in [5, 5.41) is 10.2. The minimum absolute atomic E-state index is 0.136. The maximum absolute atomic E-state index is 12.3. The zero-order valence-corrected chi connectivity index (χ0v) is 11.9. The number of hydrogen-bond donors (Lipinski definition) is 1. The van der Waals surface area contributed by atoms with E-state index in [4.69, 9.17) is 16.3 Å². The standard InChI is InChI=1S/C15H14ClNO3/c1-17(11-4-6-12(20-2)7-5-11)15(19)13-8-3-10(16)9-14(13)18/h3-9,18H,1-2H3. The molecule has 2 aromatic carbocycles. The number of halogens is 1. The molecule has 20 heavy (non-hydrogen) atoms. The molecule has 0 unspecified atom stereocenters. The lowest BCUT2D eigenvalue weighted by Gasteiger charge is -2.18. The molecule has 1 N–H and O–H groups in total. The van der Waals surface area contributed by atoms with Crippen molar-refractivity contribution in [2.24, 2.45) is 0 Å². The summed E-state index contributed by atoms with van der Waals surface area (Å²) in [7, 11) is 3.22. The summed E-state index contributed by atoms with van der Waals surface area (Å²) >= 11 is 5.75. The molecular formula is C15H14ClNO3. The van der Waals surface area contributed by atoms with Crippen LogP contribution in [0.2, 0.25) is 5.02 Å². The molecule has 4 nitrogen and oxygen atoms in total. The molecule has 2 aromatic rings. The molecule has 0 radical (unpaired) electrons. The Balaban J connectivity index is 2.27. The number of amides is 1. The summed E-state index contributed by atoms with van der Waals surface area (Å²) in [5.41, 5.74) is 0.901. The molecule has 0 saturated heterocycles. The van der Waals surface area contributed by atoms with Crippen molar-refractivity contribution in [3.05, 3.63) is 53.1 Å². The van der Waals surface area contributed by atoms with Gasteiger partial charge >= 0.3 is 0 Å². The van der Waals surface area contributed by atoms with E-state index in [0.717, 1.165) is 0 Å². The van der Waals surface area contributed by atoms with Gasteiger partial charge in [-0.1, -0.05) is 11.6 Å². The van der Waals surface area contributed by atoms with Gasteiger partial charge in [-0.25, -0.2) is 0 Å². The number of benzene rings is 2. The van der Waals surface area contributed by atoms with Crippen LogP contribution in [0, 0.1) is 0 Å². The average Bonchev–Trinajstić information content (AvgIpc) is 2.46. The highest BCUT2D eigenvalue weighted by Gasteiger charge is 2.17. The van der Waals surface area contributed by atoms with Crippen molar-refractivity contribution in [2.75, 3.05) is 19.1 Å². The number of nitrogens with zero attached hydrogens (tertiary/aromatic N) is 1. The van der Waals surface area contributed by atoms with Crippen molar-refractivity contribution >= 4 is 23.2 Å². The Morgan fingerprint density at radius 3 is 2.40 bits per heavy atom. The van der Waals surface area contributed by atoms with Crippen LogP contribution >= 0.6 is 11.6 Å². The minimum Gasteiger partial charge on any atom is -0.507 e. The first-order valence-electron chi connectivity index (χ1n) is 5.93. The van der Waals surface area contributed by atoms with Crippen LogP contribution in [0.1, 0.15) is 10.4 Å². The van der Waals surface area contributed by atoms with Gasteiger partial charge in [0.1, 0.15) is 11.5 Å². The summed E-state index contributed by atoms with van der Waals surface area (Å²) in [6.45, 7) is 0. The largest absolute Gasteiger partial charge is 0.507 e. The summed E-state index contributed by atoms with van der Waals surface area (Å²) in [5.74, 6) is 0.260. The highest BCUT2D eigenvalue weighted by Crippen LogP contribution is 2.25. The molecule has 0 fully saturated rings. The predicted octanol–water partition coefficient (Wildman–Crippen LogP) is 3.33. The van der Waals surface area contributed by atoms with Crippen molar-refractivity contribution in [1.29, 1.82) is 0 Å². The molecular weight excluding hydrogens is 278 g/mol. The van der Waals surface area contributed by atoms with E-state index >= 15 is 0 Å². The number of carbonyl (C=O) groups excluding carboxylic acids is 1. The van der Waals surface area contributed by atoms with Crippen LogP contribution < -0.4 is 9.64 Å². The van der Waals surface area contributed by atoms with Crippen molar-refractivity contribution < 1.29 is 14.6 Å². The van der Waals surface area contributed by atoms with Crippen LogP contribution in [0.25, 0.3) is 0 Å². The highest BCUT2D eigenvalue weighted by molar-refractivity contribution is 6.31. The van der Waals surface area contributed by atoms with Crippen molar-refractivity contribution in [1.82, 2.24) is 0 Å². The van der Waals surface area contributed by atoms with Crippen molar-refractivity contribution in [3.8, 4) is 11.5 Å². The van der Waals surface area contributed by atoms with E-state index < -0.39 is 0 Å². The van der Waals surface area contributed by atoms with Crippen LogP contribution in [0.3, 0.4) is 0 Å². The van der Waals surface area contributed by atoms with Crippen LogP contribution in [-0.4, -0.2) is 25.2 Å². The van der Waals surface area contributed by atoms with Gasteiger partial charge in [0.05, 0.1) is 12.7 Å². The van der Waals surface area contributed by atoms with E-state index in [1.54, 1.807) is 44.5 Å². The number of rotatable bonds is 3. The molecule has 0 spiro atoms. The number of anilines is 1. The van der Waals surface area contributed by atoms with Crippen LogP contribution in [0.4, 0.5) is 5.69 Å². The second kappa shape index (κ2) is 5.84. The quantitative estimate of drug-likeness (QED) is 0.943. The van der Waals surface area contributed by atoms with Gasteiger partial charge in [-0.15, -0.1) is 0 Å². The normalized spacial score (nSPS) is 10.2. The van der Waals surface area contributed by atoms with Gasteiger partial charge in [0.2, 0.25) is 0 Å². The number of ether oxygens (including phenoxy) is 1. The fourth-order valence-corrected chi connectivity index (χ4v) is 1.96. The summed E-state index contributed by atoms with van der Waals surface area (Å²) in [4.78, 5) is 13.8. The second-order valence-corrected chi connectivity index (χ2v) is 4.66. The lowest BCUT2D eigenvalue weighted by Crippen LogP contribution is -2.26. The van der Waals surface area contributed by atoms with Gasteiger partial charge in [0, 0.05) is 17.8 Å². The Morgan fingerprint density at radius 2 is 1.85 bits per heavy atom. The van der Waals surface area contributed by atoms with E-state index in [1.807, 2.05) is 0 Å². The molecule has 104 valence electrons. The molecule has 0 aliphatic carbocycles. The Morgan fingerprint density at radius 1 is 1.20 bits per heavy atom. The lowest BCUT2D eigenvalue weighted by atomic mass is 10.1. The lowest BCUT2D eigenvalue weighted by molar-refractivity contribution is 0.0990. The number of carbonyl (C=O) groups is 1. The van der Waals surface area contributed by atoms with Crippen molar-refractivity contribution in [2.45, 2.75) is 0 Å². The fraction of sp³-hybridized carbons (Fsp3) is 0.133. The van der Waals surface area contributed by atoms with Crippen molar-refractivity contribution in [3.63, 3.8) is 0 Å². The van der Waals surface area contributed by atoms with E-state index in [2.05, 4.69) is 0 Å². The third-order valence-electron chi connectivity index (χ3n) is 2.95. The predicted molar refractivity (Wildman–Crippen MR) is 78.8 cm³/mol. The Bertz CT molecular complexity index is 626. The SMILES string of the molecule is COc1ccc(N(C)C(=O)c2ccc(Cl)cc2O)cc1. The van der Waals surface area contributed by atoms with Gasteiger partial charge in [-0.2, -0.15) is 0 Å². The van der Waals surface area contributed by atoms with E-state index in [0.29, 0.717) is 16.5 Å². The Labute approximate surface area is 122 Å². The Hall–Kier alpha value is -2.20. The van der Waals surface area contributed by atoms with Gasteiger partial charge in [0.15, 0.2) is 0 Å². The molecule has 0 heterocycles. The monoisotopic (exact) mass is 291 g/mol. The molecule has 0 aliphatic heterocycles. The summed E-state index contributed by atoms with van der Waals surface area (Å²) in [6.07, 6.45) is 0. The van der Waals surface area contributed by atoms with E-state index in [-0.39, 0.29) is 17.2 Å². The minimum atomic E-state index is -0.315. The molecule has 0 bridgehead atoms. The zero-order chi connectivity index (χ0) is 14.7. The van der Waals surface area contributed by atoms with Gasteiger partial charge in [-0.05, 0) is 42.5 Å². The van der Waals surface area contributed by atoms with Gasteiger partial charge < -0.3 is 14.7 Å². The average molecular weight is 292 g/mol. The molecule has 0 aromatic heterocycles. The zero-order valence-electron chi connectivity index (χ0n) is 11.1. The fourth-order valence-electron chi connectivity index (χ4n) is 1.79. The highest BCUT2D eigenvalue weighted by atomic mass is 35.5.